The van der Waals surface area contributed by atoms with Gasteiger partial charge in [-0.05, 0) is 12.1 Å². The third-order valence-electron chi connectivity index (χ3n) is 2.63. The lowest BCUT2D eigenvalue weighted by Crippen LogP contribution is -1.92. The average molecular weight is 279 g/mol. The highest BCUT2D eigenvalue weighted by atomic mass is 32.2. The summed E-state index contributed by atoms with van der Waals surface area (Å²) < 4.78 is 10.7. The molecule has 1 aromatic heterocycles. The molecule has 6 heteroatoms. The molecule has 0 unspecified atom stereocenters. The van der Waals surface area contributed by atoms with Gasteiger partial charge >= 0.3 is 0 Å². The van der Waals surface area contributed by atoms with E-state index in [1.165, 1.54) is 0 Å². The van der Waals surface area contributed by atoms with Crippen LogP contribution in [-0.2, 0) is 12.2 Å². The first kappa shape index (κ1) is 13.7. The molecule has 102 valence electrons. The Bertz CT molecular complexity index is 520. The van der Waals surface area contributed by atoms with Crippen molar-refractivity contribution in [1.29, 1.82) is 0 Å². The molecule has 0 aliphatic carbocycles. The molecule has 1 heterocycles. The Morgan fingerprint density at radius 1 is 1.21 bits per heavy atom. The van der Waals surface area contributed by atoms with Gasteiger partial charge in [-0.1, -0.05) is 13.0 Å². The van der Waals surface area contributed by atoms with E-state index in [9.17, 15) is 0 Å². The molecule has 1 N–H and O–H groups in total. The van der Waals surface area contributed by atoms with Crippen molar-refractivity contribution in [2.24, 2.45) is 0 Å². The summed E-state index contributed by atoms with van der Waals surface area (Å²) in [6.07, 6.45) is 0.832. The van der Waals surface area contributed by atoms with E-state index in [0.29, 0.717) is 5.75 Å². The lowest BCUT2D eigenvalue weighted by molar-refractivity contribution is 0.376. The minimum absolute atomic E-state index is 0.698. The molecule has 0 saturated carbocycles. The summed E-state index contributed by atoms with van der Waals surface area (Å²) in [5, 5.41) is 7.06. The monoisotopic (exact) mass is 279 g/mol. The van der Waals surface area contributed by atoms with Crippen molar-refractivity contribution in [3.05, 3.63) is 29.8 Å². The first-order valence-corrected chi connectivity index (χ1v) is 7.01. The standard InChI is InChI=1S/C13H17N3O2S/c1-4-11-14-12(16-15-11)8-19-13-9(17-2)6-5-7-10(13)18-3/h5-7H,4,8H2,1-3H3,(H,14,15,16). The van der Waals surface area contributed by atoms with Gasteiger partial charge in [0, 0.05) is 6.42 Å². The van der Waals surface area contributed by atoms with Crippen LogP contribution in [0.4, 0.5) is 0 Å². The second-order valence-electron chi connectivity index (χ2n) is 3.83. The fourth-order valence-corrected chi connectivity index (χ4v) is 2.65. The molecule has 2 rings (SSSR count). The van der Waals surface area contributed by atoms with Crippen LogP contribution in [0.25, 0.3) is 0 Å². The molecule has 1 aromatic carbocycles. The summed E-state index contributed by atoms with van der Waals surface area (Å²) >= 11 is 1.62. The molecule has 0 radical (unpaired) electrons. The van der Waals surface area contributed by atoms with Gasteiger partial charge < -0.3 is 9.47 Å². The minimum Gasteiger partial charge on any atom is -0.495 e. The van der Waals surface area contributed by atoms with Crippen LogP contribution in [0.2, 0.25) is 0 Å². The number of nitrogens with one attached hydrogen (secondary N) is 1. The lowest BCUT2D eigenvalue weighted by atomic mass is 10.3. The van der Waals surface area contributed by atoms with Crippen molar-refractivity contribution in [2.75, 3.05) is 14.2 Å². The number of H-pyrrole nitrogens is 1. The second-order valence-corrected chi connectivity index (χ2v) is 4.82. The summed E-state index contributed by atoms with van der Waals surface area (Å²) in [5.74, 6) is 4.00. The van der Waals surface area contributed by atoms with Crippen molar-refractivity contribution >= 4 is 11.8 Å². The number of nitrogens with zero attached hydrogens (tertiary/aromatic N) is 2. The quantitative estimate of drug-likeness (QED) is 0.824. The van der Waals surface area contributed by atoms with Gasteiger partial charge in [-0.15, -0.1) is 11.8 Å². The van der Waals surface area contributed by atoms with Crippen LogP contribution < -0.4 is 9.47 Å². The van der Waals surface area contributed by atoms with Crippen LogP contribution in [0.1, 0.15) is 18.6 Å². The number of methoxy groups -OCH3 is 2. The zero-order valence-electron chi connectivity index (χ0n) is 11.3. The number of aromatic amines is 1. The summed E-state index contributed by atoms with van der Waals surface area (Å²) in [6, 6.07) is 5.75. The van der Waals surface area contributed by atoms with Crippen LogP contribution in [0.5, 0.6) is 11.5 Å². The van der Waals surface area contributed by atoms with Gasteiger partial charge in [0.15, 0.2) is 0 Å². The number of hydrogen-bond acceptors (Lipinski definition) is 5. The Hall–Kier alpha value is -1.69. The van der Waals surface area contributed by atoms with Crippen LogP contribution in [0.3, 0.4) is 0 Å². The van der Waals surface area contributed by atoms with E-state index in [4.69, 9.17) is 9.47 Å². The molecule has 0 saturated heterocycles. The van der Waals surface area contributed by atoms with Crippen LogP contribution in [-0.4, -0.2) is 29.4 Å². The second kappa shape index (κ2) is 6.47. The van der Waals surface area contributed by atoms with Gasteiger partial charge in [-0.3, -0.25) is 5.10 Å². The Morgan fingerprint density at radius 3 is 2.42 bits per heavy atom. The molecule has 0 amide bonds. The fourth-order valence-electron chi connectivity index (χ4n) is 1.66. The first-order valence-electron chi connectivity index (χ1n) is 6.02. The summed E-state index contributed by atoms with van der Waals surface area (Å²) in [5.41, 5.74) is 0. The van der Waals surface area contributed by atoms with E-state index < -0.39 is 0 Å². The topological polar surface area (TPSA) is 60.0 Å². The molecule has 2 aromatic rings. The van der Waals surface area contributed by atoms with Gasteiger partial charge in [-0.2, -0.15) is 5.10 Å². The Morgan fingerprint density at radius 2 is 1.89 bits per heavy atom. The van der Waals surface area contributed by atoms with Crippen molar-refractivity contribution in [2.45, 2.75) is 24.0 Å². The number of ether oxygens (including phenoxy) is 2. The summed E-state index contributed by atoms with van der Waals surface area (Å²) in [4.78, 5) is 5.36. The zero-order valence-corrected chi connectivity index (χ0v) is 12.1. The third kappa shape index (κ3) is 3.20. The maximum atomic E-state index is 5.36. The van der Waals surface area contributed by atoms with E-state index >= 15 is 0 Å². The third-order valence-corrected chi connectivity index (χ3v) is 3.74. The van der Waals surface area contributed by atoms with Gasteiger partial charge in [0.25, 0.3) is 0 Å². The Balaban J connectivity index is 2.13. The molecule has 19 heavy (non-hydrogen) atoms. The Labute approximate surface area is 116 Å². The highest BCUT2D eigenvalue weighted by Gasteiger charge is 2.11. The maximum Gasteiger partial charge on any atom is 0.150 e. The lowest BCUT2D eigenvalue weighted by Gasteiger charge is -2.11. The SMILES string of the molecule is CCc1n[nH]c(CSc2c(OC)cccc2OC)n1. The predicted molar refractivity (Wildman–Crippen MR) is 74.9 cm³/mol. The zero-order chi connectivity index (χ0) is 13.7. The fraction of sp³-hybridized carbons (Fsp3) is 0.385. The van der Waals surface area contributed by atoms with Crippen LogP contribution in [0.15, 0.2) is 23.1 Å². The van der Waals surface area contributed by atoms with Crippen molar-refractivity contribution in [1.82, 2.24) is 15.2 Å². The highest BCUT2D eigenvalue weighted by Crippen LogP contribution is 2.38. The van der Waals surface area contributed by atoms with Gasteiger partial charge in [-0.25, -0.2) is 4.98 Å². The smallest absolute Gasteiger partial charge is 0.150 e. The normalized spacial score (nSPS) is 10.5. The molecule has 5 nitrogen and oxygen atoms in total. The summed E-state index contributed by atoms with van der Waals surface area (Å²) in [7, 11) is 3.31. The summed E-state index contributed by atoms with van der Waals surface area (Å²) in [6.45, 7) is 2.03. The maximum absolute atomic E-state index is 5.36. The molecule has 0 spiro atoms. The number of aryl methyl sites for hydroxylation is 1. The largest absolute Gasteiger partial charge is 0.495 e. The number of benzene rings is 1. The molecule has 0 bridgehead atoms. The van der Waals surface area contributed by atoms with Crippen LogP contribution >= 0.6 is 11.8 Å². The molecule has 0 atom stereocenters. The van der Waals surface area contributed by atoms with Gasteiger partial charge in [0.05, 0.1) is 24.9 Å². The molecule has 0 aliphatic heterocycles. The van der Waals surface area contributed by atoms with E-state index in [2.05, 4.69) is 15.2 Å². The van der Waals surface area contributed by atoms with Crippen molar-refractivity contribution < 1.29 is 9.47 Å². The van der Waals surface area contributed by atoms with E-state index in [1.54, 1.807) is 26.0 Å². The van der Waals surface area contributed by atoms with Gasteiger partial charge in [0.2, 0.25) is 0 Å². The predicted octanol–water partition coefficient (Wildman–Crippen LogP) is 2.68. The van der Waals surface area contributed by atoms with E-state index in [-0.39, 0.29) is 0 Å². The molecular weight excluding hydrogens is 262 g/mol. The van der Waals surface area contributed by atoms with Crippen molar-refractivity contribution in [3.63, 3.8) is 0 Å². The van der Waals surface area contributed by atoms with E-state index in [1.807, 2.05) is 25.1 Å². The molecule has 0 fully saturated rings. The Kier molecular flexibility index (Phi) is 4.68. The molecule has 0 aliphatic rings. The minimum atomic E-state index is 0.698. The average Bonchev–Trinajstić information content (AvgIpc) is 2.92. The highest BCUT2D eigenvalue weighted by molar-refractivity contribution is 7.98. The van der Waals surface area contributed by atoms with Gasteiger partial charge in [0.1, 0.15) is 23.1 Å². The number of aromatic nitrogens is 3. The number of hydrogen-bond donors (Lipinski definition) is 1. The van der Waals surface area contributed by atoms with Crippen molar-refractivity contribution in [3.8, 4) is 11.5 Å². The molecular formula is C13H17N3O2S. The number of thioether (sulfide) groups is 1. The number of rotatable bonds is 6. The van der Waals surface area contributed by atoms with Crippen LogP contribution in [0, 0.1) is 0 Å². The first-order chi connectivity index (χ1) is 9.28. The van der Waals surface area contributed by atoms with E-state index in [0.717, 1.165) is 34.5 Å².